The van der Waals surface area contributed by atoms with Crippen molar-refractivity contribution in [2.75, 3.05) is 13.1 Å². The average molecular weight is 804 g/mol. The molecule has 34 heavy (non-hydrogen) atoms. The Morgan fingerprint density at radius 3 is 2.32 bits per heavy atom. The number of carbonyl (C=O) groups excluding carboxylic acids is 2. The summed E-state index contributed by atoms with van der Waals surface area (Å²) in [6.07, 6.45) is 7.47. The maximum Gasteiger partial charge on any atom is 0.339 e. The molecule has 2 unspecified atom stereocenters. The van der Waals surface area contributed by atoms with E-state index in [4.69, 9.17) is 9.47 Å². The van der Waals surface area contributed by atoms with E-state index in [9.17, 15) is 9.59 Å². The van der Waals surface area contributed by atoms with Gasteiger partial charge in [0.2, 0.25) is 0 Å². The molecule has 2 N–H and O–H groups in total. The van der Waals surface area contributed by atoms with Crippen LogP contribution in [0.1, 0.15) is 75.6 Å². The normalized spacial score (nSPS) is 33.1. The number of benzene rings is 1. The Morgan fingerprint density at radius 1 is 1.03 bits per heavy atom. The van der Waals surface area contributed by atoms with E-state index in [-0.39, 0.29) is 11.9 Å². The number of rotatable bonds is 5. The molecule has 2 atom stereocenters. The molecule has 1 aromatic rings. The van der Waals surface area contributed by atoms with E-state index < -0.39 is 16.6 Å². The van der Waals surface area contributed by atoms with Crippen LogP contribution in [0.3, 0.4) is 0 Å². The van der Waals surface area contributed by atoms with Crippen molar-refractivity contribution in [1.29, 1.82) is 0 Å². The summed E-state index contributed by atoms with van der Waals surface area (Å²) < 4.78 is 15.8. The van der Waals surface area contributed by atoms with Crippen LogP contribution in [0.4, 0.5) is 0 Å². The van der Waals surface area contributed by atoms with Gasteiger partial charge in [0.1, 0.15) is 11.2 Å². The van der Waals surface area contributed by atoms with Crippen LogP contribution in [0.2, 0.25) is 0 Å². The SMILES string of the molecule is CC(C)(OC(=O)C12CC3CC(CC(OC(=O)c4cc(I)cc(I)c4I)(C3)C1)C2)C1CC[NH2+]CC1. The van der Waals surface area contributed by atoms with Gasteiger partial charge in [-0.25, -0.2) is 4.79 Å². The molecule has 4 saturated carbocycles. The molecule has 5 nitrogen and oxygen atoms in total. The fraction of sp³-hybridized carbons (Fsp3) is 0.692. The summed E-state index contributed by atoms with van der Waals surface area (Å²) in [5, 5.41) is 2.35. The van der Waals surface area contributed by atoms with Crippen LogP contribution in [-0.4, -0.2) is 36.2 Å². The van der Waals surface area contributed by atoms with Gasteiger partial charge in [-0.2, -0.15) is 0 Å². The minimum Gasteiger partial charge on any atom is -0.459 e. The molecule has 8 heteroatoms. The Balaban J connectivity index is 1.37. The first-order valence-corrected chi connectivity index (χ1v) is 15.7. The molecule has 4 bridgehead atoms. The molecule has 0 amide bonds. The van der Waals surface area contributed by atoms with Crippen molar-refractivity contribution in [2.24, 2.45) is 23.2 Å². The van der Waals surface area contributed by atoms with Gasteiger partial charge in [-0.15, -0.1) is 0 Å². The first kappa shape index (κ1) is 25.9. The highest BCUT2D eigenvalue weighted by Crippen LogP contribution is 2.63. The van der Waals surface area contributed by atoms with Crippen LogP contribution in [-0.2, 0) is 14.3 Å². The number of quaternary nitrogens is 1. The van der Waals surface area contributed by atoms with Crippen molar-refractivity contribution in [3.05, 3.63) is 28.4 Å². The van der Waals surface area contributed by atoms with Crippen LogP contribution in [0.25, 0.3) is 0 Å². The fourth-order valence-electron chi connectivity index (χ4n) is 7.55. The number of hydrogen-bond donors (Lipinski definition) is 1. The lowest BCUT2D eigenvalue weighted by Crippen LogP contribution is -2.86. The van der Waals surface area contributed by atoms with Gasteiger partial charge in [-0.05, 0) is 138 Å². The van der Waals surface area contributed by atoms with E-state index in [1.807, 2.05) is 6.07 Å². The predicted molar refractivity (Wildman–Crippen MR) is 154 cm³/mol. The lowest BCUT2D eigenvalue weighted by atomic mass is 9.48. The smallest absolute Gasteiger partial charge is 0.339 e. The highest BCUT2D eigenvalue weighted by atomic mass is 127. The third-order valence-electron chi connectivity index (χ3n) is 8.74. The van der Waals surface area contributed by atoms with Crippen molar-refractivity contribution in [3.63, 3.8) is 0 Å². The van der Waals surface area contributed by atoms with Crippen molar-refractivity contribution in [3.8, 4) is 0 Å². The average Bonchev–Trinajstić information content (AvgIpc) is 2.75. The second-order valence-corrected chi connectivity index (χ2v) is 15.2. The lowest BCUT2D eigenvalue weighted by Gasteiger charge is -2.60. The Bertz CT molecular complexity index is 990. The molecule has 5 aliphatic rings. The monoisotopic (exact) mass is 804 g/mol. The number of esters is 2. The Kier molecular flexibility index (Phi) is 7.29. The summed E-state index contributed by atoms with van der Waals surface area (Å²) in [7, 11) is 0. The summed E-state index contributed by atoms with van der Waals surface area (Å²) in [5.41, 5.74) is -0.860. The molecule has 1 heterocycles. The number of carbonyl (C=O) groups is 2. The van der Waals surface area contributed by atoms with Crippen LogP contribution in [0, 0.1) is 33.9 Å². The largest absolute Gasteiger partial charge is 0.459 e. The molecular weight excluding hydrogens is 771 g/mol. The number of piperidine rings is 1. The van der Waals surface area contributed by atoms with Crippen molar-refractivity contribution < 1.29 is 24.4 Å². The first-order valence-electron chi connectivity index (χ1n) is 12.4. The highest BCUT2D eigenvalue weighted by Gasteiger charge is 2.63. The minimum absolute atomic E-state index is 0.0417. The van der Waals surface area contributed by atoms with Gasteiger partial charge in [0, 0.05) is 35.9 Å². The van der Waals surface area contributed by atoms with Crippen molar-refractivity contribution in [1.82, 2.24) is 0 Å². The van der Waals surface area contributed by atoms with Gasteiger partial charge >= 0.3 is 11.9 Å². The van der Waals surface area contributed by atoms with Gasteiger partial charge in [-0.3, -0.25) is 4.79 Å². The van der Waals surface area contributed by atoms with Crippen LogP contribution >= 0.6 is 67.8 Å². The molecule has 4 aliphatic carbocycles. The topological polar surface area (TPSA) is 69.2 Å². The summed E-state index contributed by atoms with van der Waals surface area (Å²) >= 11 is 6.77. The van der Waals surface area contributed by atoms with E-state index in [1.54, 1.807) is 0 Å². The van der Waals surface area contributed by atoms with Gasteiger partial charge in [0.05, 0.1) is 24.1 Å². The maximum atomic E-state index is 13.8. The van der Waals surface area contributed by atoms with E-state index in [2.05, 4.69) is 93.0 Å². The molecule has 0 spiro atoms. The van der Waals surface area contributed by atoms with Gasteiger partial charge < -0.3 is 14.8 Å². The van der Waals surface area contributed by atoms with Crippen LogP contribution in [0.5, 0.6) is 0 Å². The zero-order valence-electron chi connectivity index (χ0n) is 19.8. The highest BCUT2D eigenvalue weighted by molar-refractivity contribution is 14.1. The van der Waals surface area contributed by atoms with Gasteiger partial charge in [-0.1, -0.05) is 0 Å². The quantitative estimate of drug-likeness (QED) is 0.250. The zero-order chi connectivity index (χ0) is 24.3. The Hall–Kier alpha value is 0.310. The maximum absolute atomic E-state index is 13.8. The zero-order valence-corrected chi connectivity index (χ0v) is 26.3. The van der Waals surface area contributed by atoms with Gasteiger partial charge in [0.25, 0.3) is 0 Å². The molecule has 6 rings (SSSR count). The molecule has 1 aliphatic heterocycles. The summed E-state index contributed by atoms with van der Waals surface area (Å²) in [5.74, 6) is 0.991. The van der Waals surface area contributed by atoms with Crippen molar-refractivity contribution in [2.45, 2.75) is 76.4 Å². The second kappa shape index (κ2) is 9.56. The van der Waals surface area contributed by atoms with E-state index >= 15 is 0 Å². The first-order chi connectivity index (χ1) is 16.0. The lowest BCUT2D eigenvalue weighted by molar-refractivity contribution is -0.665. The predicted octanol–water partition coefficient (Wildman–Crippen LogP) is 5.29. The molecule has 186 valence electrons. The standard InChI is InChI=1S/C26H32I3NO4/c1-24(2,17-3-5-30-6-4-17)34-23(32)25-10-15-7-16(11-25)13-26(12-15,14-25)33-22(31)19-8-18(27)9-20(28)21(19)29/h8-9,15-17,30H,3-7,10-14H2,1-2H3/p+1. The molecule has 0 radical (unpaired) electrons. The Morgan fingerprint density at radius 2 is 1.68 bits per heavy atom. The minimum atomic E-state index is -0.542. The van der Waals surface area contributed by atoms with E-state index in [0.29, 0.717) is 29.7 Å². The molecule has 0 aromatic heterocycles. The van der Waals surface area contributed by atoms with Crippen molar-refractivity contribution >= 4 is 79.7 Å². The molecule has 1 aromatic carbocycles. The summed E-state index contributed by atoms with van der Waals surface area (Å²) in [6.45, 7) is 6.40. The fourth-order valence-corrected chi connectivity index (χ4v) is 9.92. The van der Waals surface area contributed by atoms with E-state index in [0.717, 1.165) is 68.7 Å². The Labute approximate surface area is 243 Å². The second-order valence-electron chi connectivity index (χ2n) is 11.7. The molecular formula is C26H33I3NO4+. The van der Waals surface area contributed by atoms with Gasteiger partial charge in [0.15, 0.2) is 0 Å². The third-order valence-corrected chi connectivity index (χ3v) is 12.4. The molecule has 5 fully saturated rings. The number of hydrogen-bond acceptors (Lipinski definition) is 4. The number of halogens is 3. The van der Waals surface area contributed by atoms with Crippen LogP contribution in [0.15, 0.2) is 12.1 Å². The van der Waals surface area contributed by atoms with Crippen LogP contribution < -0.4 is 5.32 Å². The summed E-state index contributed by atoms with van der Waals surface area (Å²) in [4.78, 5) is 27.2. The number of ether oxygens (including phenoxy) is 2. The summed E-state index contributed by atoms with van der Waals surface area (Å²) in [6, 6.07) is 3.99. The number of nitrogens with two attached hydrogens (primary N) is 1. The third kappa shape index (κ3) is 4.91. The van der Waals surface area contributed by atoms with E-state index in [1.165, 1.54) is 0 Å². The molecule has 1 saturated heterocycles.